The van der Waals surface area contributed by atoms with Crippen LogP contribution in [0.2, 0.25) is 0 Å². The molecule has 25 heavy (non-hydrogen) atoms. The van der Waals surface area contributed by atoms with Crippen molar-refractivity contribution in [3.05, 3.63) is 0 Å². The molecule has 0 radical (unpaired) electrons. The summed E-state index contributed by atoms with van der Waals surface area (Å²) in [6.45, 7) is 5.65. The Morgan fingerprint density at radius 1 is 0.880 bits per heavy atom. The van der Waals surface area contributed by atoms with Crippen LogP contribution in [0, 0.1) is 5.92 Å². The number of hydrogen-bond donors (Lipinski definition) is 1. The molecule has 1 heterocycles. The van der Waals surface area contributed by atoms with Gasteiger partial charge in [-0.2, -0.15) is 0 Å². The molecule has 1 rings (SSSR count). The number of esters is 4. The van der Waals surface area contributed by atoms with Crippen LogP contribution in [0.5, 0.6) is 0 Å². The highest BCUT2D eigenvalue weighted by Gasteiger charge is 2.37. The molecule has 0 aromatic heterocycles. The van der Waals surface area contributed by atoms with E-state index in [1.54, 1.807) is 0 Å². The first-order valence-electron chi connectivity index (χ1n) is 8.04. The van der Waals surface area contributed by atoms with Gasteiger partial charge in [0.25, 0.3) is 0 Å². The van der Waals surface area contributed by atoms with E-state index in [-0.39, 0.29) is 25.5 Å². The molecule has 1 aliphatic heterocycles. The van der Waals surface area contributed by atoms with Crippen LogP contribution in [-0.4, -0.2) is 61.9 Å². The van der Waals surface area contributed by atoms with Crippen LogP contribution in [0.3, 0.4) is 0 Å². The monoisotopic (exact) mass is 359 g/mol. The Kier molecular flexibility index (Phi) is 8.33. The van der Waals surface area contributed by atoms with Gasteiger partial charge in [-0.15, -0.1) is 0 Å². The van der Waals surface area contributed by atoms with E-state index < -0.39 is 42.2 Å². The van der Waals surface area contributed by atoms with Crippen molar-refractivity contribution >= 4 is 23.9 Å². The van der Waals surface area contributed by atoms with Crippen LogP contribution in [0.25, 0.3) is 0 Å². The Hall–Kier alpha value is -2.16. The summed E-state index contributed by atoms with van der Waals surface area (Å²) in [5, 5.41) is 3.10. The molecule has 1 N–H and O–H groups in total. The highest BCUT2D eigenvalue weighted by molar-refractivity contribution is 5.68. The molecule has 1 aliphatic rings. The maximum Gasteiger partial charge on any atom is 0.303 e. The highest BCUT2D eigenvalue weighted by Crippen LogP contribution is 2.23. The number of hydrogen-bond acceptors (Lipinski definition) is 9. The second-order valence-electron chi connectivity index (χ2n) is 5.90. The molecule has 1 fully saturated rings. The van der Waals surface area contributed by atoms with E-state index in [4.69, 9.17) is 18.9 Å². The van der Waals surface area contributed by atoms with E-state index >= 15 is 0 Å². The Labute approximate surface area is 146 Å². The Balaban J connectivity index is 2.91. The lowest BCUT2D eigenvalue weighted by Crippen LogP contribution is -2.40. The molecule has 0 unspecified atom stereocenters. The first-order chi connectivity index (χ1) is 11.7. The van der Waals surface area contributed by atoms with E-state index in [0.29, 0.717) is 6.54 Å². The summed E-state index contributed by atoms with van der Waals surface area (Å²) in [6, 6.07) is 0. The fraction of sp³-hybridized carbons (Fsp3) is 0.750. The van der Waals surface area contributed by atoms with Crippen LogP contribution in [0.15, 0.2) is 0 Å². The lowest BCUT2D eigenvalue weighted by Gasteiger charge is -2.28. The van der Waals surface area contributed by atoms with E-state index in [2.05, 4.69) is 5.32 Å². The Bertz CT molecular complexity index is 506. The highest BCUT2D eigenvalue weighted by atomic mass is 16.6. The average molecular weight is 359 g/mol. The minimum atomic E-state index is -0.706. The van der Waals surface area contributed by atoms with Crippen molar-refractivity contribution in [2.24, 2.45) is 5.92 Å². The molecule has 0 aliphatic carbocycles. The minimum Gasteiger partial charge on any atom is -0.462 e. The maximum atomic E-state index is 11.4. The molecule has 4 atom stereocenters. The van der Waals surface area contributed by atoms with Crippen LogP contribution >= 0.6 is 0 Å². The lowest BCUT2D eigenvalue weighted by atomic mass is 9.94. The molecule has 0 amide bonds. The largest absolute Gasteiger partial charge is 0.462 e. The first-order valence-corrected chi connectivity index (χ1v) is 8.04. The van der Waals surface area contributed by atoms with Crippen LogP contribution in [-0.2, 0) is 38.1 Å². The molecular weight excluding hydrogens is 334 g/mol. The van der Waals surface area contributed by atoms with Gasteiger partial charge >= 0.3 is 23.9 Å². The summed E-state index contributed by atoms with van der Waals surface area (Å²) in [5.74, 6) is -2.30. The van der Waals surface area contributed by atoms with E-state index in [1.165, 1.54) is 27.7 Å². The smallest absolute Gasteiger partial charge is 0.303 e. The van der Waals surface area contributed by atoms with Gasteiger partial charge in [0.15, 0.2) is 6.10 Å². The molecule has 9 nitrogen and oxygen atoms in total. The van der Waals surface area contributed by atoms with E-state index in [0.717, 1.165) is 0 Å². The van der Waals surface area contributed by atoms with Crippen molar-refractivity contribution in [3.8, 4) is 0 Å². The summed E-state index contributed by atoms with van der Waals surface area (Å²) in [6.07, 6.45) is -1.78. The quantitative estimate of drug-likeness (QED) is 0.514. The molecule has 0 aromatic carbocycles. The third-order valence-electron chi connectivity index (χ3n) is 3.63. The Morgan fingerprint density at radius 3 is 2.00 bits per heavy atom. The zero-order valence-electron chi connectivity index (χ0n) is 14.9. The van der Waals surface area contributed by atoms with Gasteiger partial charge in [0.1, 0.15) is 18.8 Å². The molecule has 0 bridgehead atoms. The zero-order valence-corrected chi connectivity index (χ0v) is 14.9. The van der Waals surface area contributed by atoms with Crippen molar-refractivity contribution in [2.45, 2.75) is 52.4 Å². The van der Waals surface area contributed by atoms with Crippen molar-refractivity contribution < 1.29 is 38.1 Å². The standard InChI is InChI=1S/C16H25NO8/c1-9(18)22-8-16(25-12(4)21)13-5-14(23-10(2)19)15(7-17-6-13)24-11(3)20/h13-17H,5-8H2,1-4H3/t13-,14+,15-,16+/m0/s1. The maximum absolute atomic E-state index is 11.4. The number of ether oxygens (including phenoxy) is 4. The second kappa shape index (κ2) is 9.97. The van der Waals surface area contributed by atoms with Gasteiger partial charge < -0.3 is 24.3 Å². The summed E-state index contributed by atoms with van der Waals surface area (Å²) >= 11 is 0. The average Bonchev–Trinajstić information content (AvgIpc) is 2.65. The predicted molar refractivity (Wildman–Crippen MR) is 84.3 cm³/mol. The second-order valence-corrected chi connectivity index (χ2v) is 5.90. The third-order valence-corrected chi connectivity index (χ3v) is 3.63. The van der Waals surface area contributed by atoms with Gasteiger partial charge in [-0.3, -0.25) is 19.2 Å². The number of carbonyl (C=O) groups excluding carboxylic acids is 4. The zero-order chi connectivity index (χ0) is 19.0. The van der Waals surface area contributed by atoms with Crippen molar-refractivity contribution in [3.63, 3.8) is 0 Å². The molecule has 0 spiro atoms. The van der Waals surface area contributed by atoms with Gasteiger partial charge in [-0.1, -0.05) is 0 Å². The summed E-state index contributed by atoms with van der Waals surface area (Å²) in [7, 11) is 0. The molecule has 0 saturated carbocycles. The number of carbonyl (C=O) groups is 4. The predicted octanol–water partition coefficient (Wildman–Crippen LogP) is -0.0459. The van der Waals surface area contributed by atoms with Crippen molar-refractivity contribution in [1.29, 1.82) is 0 Å². The number of rotatable bonds is 6. The van der Waals surface area contributed by atoms with Crippen LogP contribution in [0.4, 0.5) is 0 Å². The van der Waals surface area contributed by atoms with Gasteiger partial charge in [0.05, 0.1) is 0 Å². The Morgan fingerprint density at radius 2 is 1.48 bits per heavy atom. The fourth-order valence-corrected chi connectivity index (χ4v) is 2.71. The molecule has 142 valence electrons. The lowest BCUT2D eigenvalue weighted by molar-refractivity contribution is -0.168. The van der Waals surface area contributed by atoms with Crippen molar-refractivity contribution in [1.82, 2.24) is 5.32 Å². The third kappa shape index (κ3) is 7.97. The molecule has 9 heteroatoms. The van der Waals surface area contributed by atoms with Gasteiger partial charge in [0.2, 0.25) is 0 Å². The minimum absolute atomic E-state index is 0.105. The van der Waals surface area contributed by atoms with Crippen molar-refractivity contribution in [2.75, 3.05) is 19.7 Å². The van der Waals surface area contributed by atoms with Gasteiger partial charge in [0, 0.05) is 46.7 Å². The summed E-state index contributed by atoms with van der Waals surface area (Å²) < 4.78 is 20.7. The van der Waals surface area contributed by atoms with Crippen LogP contribution < -0.4 is 5.32 Å². The normalized spacial score (nSPS) is 24.4. The van der Waals surface area contributed by atoms with E-state index in [9.17, 15) is 19.2 Å². The summed E-state index contributed by atoms with van der Waals surface area (Å²) in [5.41, 5.74) is 0. The molecule has 0 aromatic rings. The topological polar surface area (TPSA) is 117 Å². The molecular formula is C16H25NO8. The first kappa shape index (κ1) is 20.9. The van der Waals surface area contributed by atoms with Gasteiger partial charge in [-0.05, 0) is 6.42 Å². The molecule has 1 saturated heterocycles. The van der Waals surface area contributed by atoms with E-state index in [1.807, 2.05) is 0 Å². The van der Waals surface area contributed by atoms with Crippen LogP contribution in [0.1, 0.15) is 34.1 Å². The van der Waals surface area contributed by atoms with Gasteiger partial charge in [-0.25, -0.2) is 0 Å². The number of nitrogens with one attached hydrogen (secondary N) is 1. The SMILES string of the molecule is CC(=O)OC[C@@H](OC(C)=O)[C@@H]1CNC[C@H](OC(C)=O)[C@H](OC(C)=O)C1. The summed E-state index contributed by atoms with van der Waals surface area (Å²) in [4.78, 5) is 45.1. The fourth-order valence-electron chi connectivity index (χ4n) is 2.71.